The number of aromatic nitrogens is 1. The zero-order chi connectivity index (χ0) is 31.9. The molecule has 2 fully saturated rings. The summed E-state index contributed by atoms with van der Waals surface area (Å²) in [5.41, 5.74) is -0.933. The van der Waals surface area contributed by atoms with Crippen LogP contribution in [0.3, 0.4) is 0 Å². The molecule has 44 heavy (non-hydrogen) atoms. The molecule has 238 valence electrons. The Balaban J connectivity index is 1.59. The predicted molar refractivity (Wildman–Crippen MR) is 155 cm³/mol. The summed E-state index contributed by atoms with van der Waals surface area (Å²) < 4.78 is 21.9. The molecule has 2 aromatic rings. The first kappa shape index (κ1) is 32.3. The SMILES string of the molecule is CCOC(=O)N1CCN(C(=O)C(CCC(=O)O)NC(=O)c2cc(OC3(C(=O)OCC)CCC3)c3ccc(OC)cc3n2)CC1. The molecule has 1 unspecified atom stereocenters. The molecular formula is C30H38N4O10. The number of benzene rings is 1. The van der Waals surface area contributed by atoms with E-state index in [-0.39, 0.29) is 63.7 Å². The van der Waals surface area contributed by atoms with Gasteiger partial charge in [-0.25, -0.2) is 14.6 Å². The lowest BCUT2D eigenvalue weighted by atomic mass is 9.80. The highest BCUT2D eigenvalue weighted by atomic mass is 16.6. The topological polar surface area (TPSA) is 174 Å². The third-order valence-corrected chi connectivity index (χ3v) is 7.69. The Kier molecular flexibility index (Phi) is 10.4. The molecule has 2 aliphatic rings. The van der Waals surface area contributed by atoms with Crippen molar-refractivity contribution in [1.29, 1.82) is 0 Å². The van der Waals surface area contributed by atoms with Crippen molar-refractivity contribution >= 4 is 40.7 Å². The standard InChI is InChI=1S/C30H38N4O10/c1-4-42-28(39)30(11-6-12-30)44-24-18-23(31-22-17-19(41-3)7-8-20(22)24)26(37)32-21(9-10-25(35)36)27(38)33-13-15-34(16-14-33)29(40)43-5-2/h7-8,17-18,21H,4-6,9-16H2,1-3H3,(H,32,37)(H,35,36). The minimum Gasteiger partial charge on any atom is -0.497 e. The number of nitrogens with one attached hydrogen (secondary N) is 1. The number of pyridine rings is 1. The van der Waals surface area contributed by atoms with E-state index >= 15 is 0 Å². The van der Waals surface area contributed by atoms with Crippen LogP contribution in [0.2, 0.25) is 0 Å². The molecule has 1 aromatic heterocycles. The van der Waals surface area contributed by atoms with Crippen molar-refractivity contribution in [3.8, 4) is 11.5 Å². The van der Waals surface area contributed by atoms with Gasteiger partial charge >= 0.3 is 18.0 Å². The maximum absolute atomic E-state index is 13.6. The van der Waals surface area contributed by atoms with Crippen LogP contribution in [0.4, 0.5) is 4.79 Å². The first-order valence-corrected chi connectivity index (χ1v) is 14.7. The van der Waals surface area contributed by atoms with Crippen LogP contribution in [0.15, 0.2) is 24.3 Å². The summed E-state index contributed by atoms with van der Waals surface area (Å²) >= 11 is 0. The fourth-order valence-electron chi connectivity index (χ4n) is 5.12. The summed E-state index contributed by atoms with van der Waals surface area (Å²) in [5.74, 6) is -2.10. The van der Waals surface area contributed by atoms with Crippen LogP contribution in [0.5, 0.6) is 11.5 Å². The number of methoxy groups -OCH3 is 1. The van der Waals surface area contributed by atoms with Gasteiger partial charge in [0.05, 0.1) is 25.8 Å². The van der Waals surface area contributed by atoms with Gasteiger partial charge in [-0.3, -0.25) is 14.4 Å². The average Bonchev–Trinajstić information content (AvgIpc) is 3.00. The van der Waals surface area contributed by atoms with Gasteiger partial charge in [-0.05, 0) is 51.7 Å². The molecule has 1 aliphatic carbocycles. The highest BCUT2D eigenvalue weighted by molar-refractivity contribution is 6.00. The number of carbonyl (C=O) groups excluding carboxylic acids is 4. The van der Waals surface area contributed by atoms with E-state index in [2.05, 4.69) is 10.3 Å². The number of rotatable bonds is 12. The van der Waals surface area contributed by atoms with E-state index in [1.807, 2.05) is 0 Å². The van der Waals surface area contributed by atoms with Crippen LogP contribution < -0.4 is 14.8 Å². The lowest BCUT2D eigenvalue weighted by Crippen LogP contribution is -2.56. The molecule has 14 heteroatoms. The molecule has 2 N–H and O–H groups in total. The molecule has 0 spiro atoms. The fraction of sp³-hybridized carbons (Fsp3) is 0.533. The summed E-state index contributed by atoms with van der Waals surface area (Å²) in [7, 11) is 1.49. The first-order chi connectivity index (χ1) is 21.1. The second-order valence-electron chi connectivity index (χ2n) is 10.5. The molecule has 3 amide bonds. The summed E-state index contributed by atoms with van der Waals surface area (Å²) in [4.78, 5) is 70.8. The highest BCUT2D eigenvalue weighted by Crippen LogP contribution is 2.40. The molecular weight excluding hydrogens is 576 g/mol. The molecule has 1 saturated carbocycles. The minimum absolute atomic E-state index is 0.0978. The van der Waals surface area contributed by atoms with Crippen molar-refractivity contribution in [3.63, 3.8) is 0 Å². The summed E-state index contributed by atoms with van der Waals surface area (Å²) in [5, 5.41) is 12.5. The number of hydrogen-bond donors (Lipinski definition) is 2. The molecule has 14 nitrogen and oxygen atoms in total. The molecule has 2 heterocycles. The highest BCUT2D eigenvalue weighted by Gasteiger charge is 2.48. The number of carboxylic acids is 1. The van der Waals surface area contributed by atoms with Crippen LogP contribution in [0.1, 0.15) is 56.4 Å². The molecule has 0 radical (unpaired) electrons. The van der Waals surface area contributed by atoms with E-state index in [1.165, 1.54) is 23.0 Å². The molecule has 0 bridgehead atoms. The van der Waals surface area contributed by atoms with Crippen molar-refractivity contribution < 1.29 is 48.0 Å². The van der Waals surface area contributed by atoms with Crippen molar-refractivity contribution in [2.45, 2.75) is 57.6 Å². The summed E-state index contributed by atoms with van der Waals surface area (Å²) in [6.07, 6.45) is 0.668. The number of aliphatic carboxylic acids is 1. The second kappa shape index (κ2) is 14.2. The average molecular weight is 615 g/mol. The number of esters is 1. The molecule has 1 aliphatic heterocycles. The van der Waals surface area contributed by atoms with Gasteiger partial charge in [0.15, 0.2) is 0 Å². The van der Waals surface area contributed by atoms with Gasteiger partial charge in [0, 0.05) is 50.1 Å². The first-order valence-electron chi connectivity index (χ1n) is 14.7. The molecule has 1 saturated heterocycles. The Morgan fingerprint density at radius 2 is 1.68 bits per heavy atom. The van der Waals surface area contributed by atoms with Gasteiger partial charge in [-0.15, -0.1) is 0 Å². The quantitative estimate of drug-likeness (QED) is 0.336. The van der Waals surface area contributed by atoms with Crippen LogP contribution in [-0.2, 0) is 23.9 Å². The van der Waals surface area contributed by atoms with E-state index in [1.54, 1.807) is 32.0 Å². The Labute approximate surface area is 254 Å². The molecule has 1 aromatic carbocycles. The van der Waals surface area contributed by atoms with Crippen LogP contribution in [0.25, 0.3) is 10.9 Å². The third-order valence-electron chi connectivity index (χ3n) is 7.69. The molecule has 1 atom stereocenters. The smallest absolute Gasteiger partial charge is 0.409 e. The predicted octanol–water partition coefficient (Wildman–Crippen LogP) is 2.37. The Hall–Kier alpha value is -4.62. The van der Waals surface area contributed by atoms with Crippen molar-refractivity contribution in [3.05, 3.63) is 30.0 Å². The van der Waals surface area contributed by atoms with Gasteiger partial charge in [0.25, 0.3) is 5.91 Å². The normalized spacial score (nSPS) is 16.3. The number of ether oxygens (including phenoxy) is 4. The van der Waals surface area contributed by atoms with E-state index in [4.69, 9.17) is 18.9 Å². The van der Waals surface area contributed by atoms with E-state index in [9.17, 15) is 29.1 Å². The molecule has 4 rings (SSSR count). The monoisotopic (exact) mass is 614 g/mol. The maximum Gasteiger partial charge on any atom is 0.409 e. The van der Waals surface area contributed by atoms with Crippen LogP contribution in [0, 0.1) is 0 Å². The van der Waals surface area contributed by atoms with Crippen molar-refractivity contribution in [2.75, 3.05) is 46.5 Å². The van der Waals surface area contributed by atoms with Gasteiger partial charge < -0.3 is 39.2 Å². The Morgan fingerprint density at radius 1 is 1.00 bits per heavy atom. The maximum atomic E-state index is 13.6. The lowest BCUT2D eigenvalue weighted by Gasteiger charge is -2.39. The van der Waals surface area contributed by atoms with E-state index in [0.29, 0.717) is 29.5 Å². The zero-order valence-electron chi connectivity index (χ0n) is 25.1. The Bertz CT molecular complexity index is 1400. The lowest BCUT2D eigenvalue weighted by molar-refractivity contribution is -0.169. The van der Waals surface area contributed by atoms with Crippen LogP contribution in [-0.4, -0.2) is 108 Å². The Morgan fingerprint density at radius 3 is 2.27 bits per heavy atom. The van der Waals surface area contributed by atoms with Gasteiger partial charge in [0.2, 0.25) is 11.5 Å². The number of hydrogen-bond acceptors (Lipinski definition) is 10. The van der Waals surface area contributed by atoms with E-state index in [0.717, 1.165) is 6.42 Å². The van der Waals surface area contributed by atoms with E-state index < -0.39 is 41.5 Å². The van der Waals surface area contributed by atoms with Crippen molar-refractivity contribution in [1.82, 2.24) is 20.1 Å². The number of fused-ring (bicyclic) bond motifs is 1. The van der Waals surface area contributed by atoms with Crippen LogP contribution >= 0.6 is 0 Å². The van der Waals surface area contributed by atoms with Gasteiger partial charge in [-0.2, -0.15) is 0 Å². The largest absolute Gasteiger partial charge is 0.497 e. The summed E-state index contributed by atoms with van der Waals surface area (Å²) in [6.45, 7) is 4.70. The number of carbonyl (C=O) groups is 5. The fourth-order valence-corrected chi connectivity index (χ4v) is 5.12. The van der Waals surface area contributed by atoms with Gasteiger partial charge in [0.1, 0.15) is 23.2 Å². The number of piperazine rings is 1. The zero-order valence-corrected chi connectivity index (χ0v) is 25.1. The minimum atomic E-state index is -1.19. The second-order valence-corrected chi connectivity index (χ2v) is 10.5. The van der Waals surface area contributed by atoms with Crippen molar-refractivity contribution in [2.24, 2.45) is 0 Å². The number of nitrogens with zero attached hydrogens (tertiary/aromatic N) is 3. The third kappa shape index (κ3) is 7.29. The summed E-state index contributed by atoms with van der Waals surface area (Å²) in [6, 6.07) is 5.27. The number of amides is 3. The van der Waals surface area contributed by atoms with Gasteiger partial charge in [-0.1, -0.05) is 0 Å². The number of carboxylic acid groups (broad SMARTS) is 1.